The number of halogens is 1. The van der Waals surface area contributed by atoms with Gasteiger partial charge in [0.1, 0.15) is 0 Å². The molecule has 1 aromatic carbocycles. The lowest BCUT2D eigenvalue weighted by molar-refractivity contribution is -0.123. The Hall–Kier alpha value is -1.15. The van der Waals surface area contributed by atoms with E-state index in [1.807, 2.05) is 4.90 Å². The molecule has 1 N–H and O–H groups in total. The highest BCUT2D eigenvalue weighted by Crippen LogP contribution is 2.19. The largest absolute Gasteiger partial charge is 0.352 e. The Bertz CT molecular complexity index is 667. The van der Waals surface area contributed by atoms with Crippen LogP contribution in [0.5, 0.6) is 0 Å². The quantitative estimate of drug-likeness (QED) is 0.776. The van der Waals surface area contributed by atoms with Gasteiger partial charge in [0.25, 0.3) is 0 Å². The highest BCUT2D eigenvalue weighted by molar-refractivity contribution is 7.89. The van der Waals surface area contributed by atoms with Crippen molar-refractivity contribution in [2.75, 3.05) is 32.7 Å². The summed E-state index contributed by atoms with van der Waals surface area (Å²) in [5.74, 6) is 0.00251. The van der Waals surface area contributed by atoms with Gasteiger partial charge in [-0.15, -0.1) is 0 Å². The van der Waals surface area contributed by atoms with Crippen molar-refractivity contribution in [3.8, 4) is 0 Å². The molecular weight excluding hydrogens is 362 g/mol. The van der Waals surface area contributed by atoms with Crippen LogP contribution in [0.15, 0.2) is 29.2 Å². The second-order valence-corrected chi connectivity index (χ2v) is 8.59. The molecule has 0 atom stereocenters. The van der Waals surface area contributed by atoms with Gasteiger partial charge in [-0.3, -0.25) is 9.69 Å². The van der Waals surface area contributed by atoms with Crippen LogP contribution in [0.2, 0.25) is 5.02 Å². The van der Waals surface area contributed by atoms with Gasteiger partial charge < -0.3 is 5.32 Å². The van der Waals surface area contributed by atoms with E-state index in [4.69, 9.17) is 11.6 Å². The summed E-state index contributed by atoms with van der Waals surface area (Å²) in [6.07, 6.45) is 1.82. The Morgan fingerprint density at radius 2 is 1.68 bits per heavy atom. The molecule has 1 heterocycles. The zero-order valence-electron chi connectivity index (χ0n) is 14.7. The molecule has 1 amide bonds. The topological polar surface area (TPSA) is 69.7 Å². The number of benzene rings is 1. The van der Waals surface area contributed by atoms with E-state index in [0.717, 1.165) is 12.8 Å². The molecule has 2 rings (SSSR count). The first-order valence-electron chi connectivity index (χ1n) is 8.64. The Labute approximate surface area is 155 Å². The van der Waals surface area contributed by atoms with Gasteiger partial charge in [0, 0.05) is 37.2 Å². The van der Waals surface area contributed by atoms with Gasteiger partial charge in [-0.05, 0) is 37.1 Å². The fourth-order valence-corrected chi connectivity index (χ4v) is 4.40. The maximum Gasteiger partial charge on any atom is 0.243 e. The zero-order valence-corrected chi connectivity index (χ0v) is 16.3. The van der Waals surface area contributed by atoms with Crippen molar-refractivity contribution in [2.24, 2.45) is 0 Å². The predicted molar refractivity (Wildman–Crippen MR) is 99.2 cm³/mol. The molecule has 1 aromatic rings. The number of rotatable bonds is 7. The van der Waals surface area contributed by atoms with E-state index in [1.165, 1.54) is 16.4 Å². The monoisotopic (exact) mass is 387 g/mol. The third kappa shape index (κ3) is 5.41. The lowest BCUT2D eigenvalue weighted by Crippen LogP contribution is -2.51. The van der Waals surface area contributed by atoms with Crippen LogP contribution in [0, 0.1) is 0 Å². The predicted octanol–water partition coefficient (Wildman–Crippen LogP) is 1.95. The van der Waals surface area contributed by atoms with E-state index in [9.17, 15) is 13.2 Å². The smallest absolute Gasteiger partial charge is 0.243 e. The van der Waals surface area contributed by atoms with Crippen molar-refractivity contribution in [3.63, 3.8) is 0 Å². The van der Waals surface area contributed by atoms with Crippen LogP contribution in [0.4, 0.5) is 0 Å². The van der Waals surface area contributed by atoms with Crippen molar-refractivity contribution in [3.05, 3.63) is 29.3 Å². The number of nitrogens with zero attached hydrogens (tertiary/aromatic N) is 2. The van der Waals surface area contributed by atoms with Crippen molar-refractivity contribution < 1.29 is 13.2 Å². The van der Waals surface area contributed by atoms with Gasteiger partial charge in [0.15, 0.2) is 0 Å². The Kier molecular flexibility index (Phi) is 7.25. The van der Waals surface area contributed by atoms with Crippen molar-refractivity contribution in [1.29, 1.82) is 0 Å². The van der Waals surface area contributed by atoms with Crippen LogP contribution in [0.3, 0.4) is 0 Å². The first-order chi connectivity index (χ1) is 11.9. The molecular formula is C17H26ClN3O3S. The van der Waals surface area contributed by atoms with Gasteiger partial charge in [-0.2, -0.15) is 4.31 Å². The van der Waals surface area contributed by atoms with Crippen LogP contribution >= 0.6 is 11.6 Å². The summed E-state index contributed by atoms with van der Waals surface area (Å²) in [4.78, 5) is 14.3. The third-order valence-corrected chi connectivity index (χ3v) is 6.67. The van der Waals surface area contributed by atoms with Crippen LogP contribution in [-0.4, -0.2) is 62.3 Å². The Morgan fingerprint density at radius 3 is 2.20 bits per heavy atom. The maximum absolute atomic E-state index is 12.6. The Morgan fingerprint density at radius 1 is 1.12 bits per heavy atom. The van der Waals surface area contributed by atoms with Crippen LogP contribution in [-0.2, 0) is 14.8 Å². The zero-order chi connectivity index (χ0) is 18.4. The number of amides is 1. The van der Waals surface area contributed by atoms with Gasteiger partial charge in [0.2, 0.25) is 15.9 Å². The maximum atomic E-state index is 12.6. The summed E-state index contributed by atoms with van der Waals surface area (Å²) in [5, 5.41) is 3.52. The second-order valence-electron chi connectivity index (χ2n) is 6.22. The first-order valence-corrected chi connectivity index (χ1v) is 10.5. The fraction of sp³-hybridized carbons (Fsp3) is 0.588. The highest BCUT2D eigenvalue weighted by atomic mass is 35.5. The molecule has 0 spiro atoms. The lowest BCUT2D eigenvalue weighted by Gasteiger charge is -2.33. The van der Waals surface area contributed by atoms with Gasteiger partial charge >= 0.3 is 0 Å². The fourth-order valence-electron chi connectivity index (χ4n) is 2.85. The van der Waals surface area contributed by atoms with Crippen molar-refractivity contribution in [1.82, 2.24) is 14.5 Å². The van der Waals surface area contributed by atoms with Crippen molar-refractivity contribution in [2.45, 2.75) is 37.6 Å². The summed E-state index contributed by atoms with van der Waals surface area (Å²) in [5.41, 5.74) is 0. The van der Waals surface area contributed by atoms with E-state index in [1.54, 1.807) is 12.1 Å². The van der Waals surface area contributed by atoms with Crippen LogP contribution in [0.25, 0.3) is 0 Å². The van der Waals surface area contributed by atoms with Gasteiger partial charge in [0.05, 0.1) is 11.4 Å². The molecule has 6 nitrogen and oxygen atoms in total. The number of sulfonamides is 1. The minimum Gasteiger partial charge on any atom is -0.352 e. The minimum atomic E-state index is -3.51. The summed E-state index contributed by atoms with van der Waals surface area (Å²) in [7, 11) is -3.51. The summed E-state index contributed by atoms with van der Waals surface area (Å²) in [6.45, 7) is 6.26. The standard InChI is InChI=1S/C17H26ClN3O3S/c1-3-15(4-2)19-17(22)13-20-9-11-21(12-10-20)25(23,24)16-7-5-14(18)6-8-16/h5-8,15H,3-4,9-13H2,1-2H3,(H,19,22). The number of carbonyl (C=O) groups is 1. The molecule has 0 unspecified atom stereocenters. The molecule has 8 heteroatoms. The number of carbonyl (C=O) groups excluding carboxylic acids is 1. The SMILES string of the molecule is CCC(CC)NC(=O)CN1CCN(S(=O)(=O)c2ccc(Cl)cc2)CC1. The number of hydrogen-bond acceptors (Lipinski definition) is 4. The molecule has 0 saturated carbocycles. The average Bonchev–Trinajstić information content (AvgIpc) is 2.60. The molecule has 1 saturated heterocycles. The Balaban J connectivity index is 1.88. The van der Waals surface area contributed by atoms with Crippen LogP contribution < -0.4 is 5.32 Å². The summed E-state index contributed by atoms with van der Waals surface area (Å²) >= 11 is 5.82. The highest BCUT2D eigenvalue weighted by Gasteiger charge is 2.29. The van der Waals surface area contributed by atoms with E-state index in [0.29, 0.717) is 37.7 Å². The molecule has 0 bridgehead atoms. The van der Waals surface area contributed by atoms with E-state index >= 15 is 0 Å². The average molecular weight is 388 g/mol. The molecule has 1 fully saturated rings. The number of nitrogens with one attached hydrogen (secondary N) is 1. The minimum absolute atomic E-state index is 0.00251. The number of piperazine rings is 1. The molecule has 1 aliphatic rings. The number of hydrogen-bond donors (Lipinski definition) is 1. The molecule has 0 aromatic heterocycles. The van der Waals surface area contributed by atoms with Gasteiger partial charge in [-0.25, -0.2) is 8.42 Å². The van der Waals surface area contributed by atoms with Crippen molar-refractivity contribution >= 4 is 27.5 Å². The summed E-state index contributed by atoms with van der Waals surface area (Å²) < 4.78 is 26.7. The molecule has 1 aliphatic heterocycles. The van der Waals surface area contributed by atoms with E-state index < -0.39 is 10.0 Å². The summed E-state index contributed by atoms with van der Waals surface area (Å²) in [6, 6.07) is 6.40. The normalized spacial score (nSPS) is 17.0. The molecule has 0 aliphatic carbocycles. The van der Waals surface area contributed by atoms with E-state index in [2.05, 4.69) is 19.2 Å². The van der Waals surface area contributed by atoms with Gasteiger partial charge in [-0.1, -0.05) is 25.4 Å². The first kappa shape index (κ1) is 20.2. The lowest BCUT2D eigenvalue weighted by atomic mass is 10.2. The second kappa shape index (κ2) is 8.98. The molecule has 25 heavy (non-hydrogen) atoms. The van der Waals surface area contributed by atoms with E-state index in [-0.39, 0.29) is 16.8 Å². The van der Waals surface area contributed by atoms with Crippen LogP contribution in [0.1, 0.15) is 26.7 Å². The molecule has 140 valence electrons. The molecule has 0 radical (unpaired) electrons. The third-order valence-electron chi connectivity index (χ3n) is 4.50.